The zero-order chi connectivity index (χ0) is 12.8. The van der Waals surface area contributed by atoms with Gasteiger partial charge in [0.15, 0.2) is 0 Å². The minimum absolute atomic E-state index is 0.115. The summed E-state index contributed by atoms with van der Waals surface area (Å²) in [6.07, 6.45) is 5.00. The van der Waals surface area contributed by atoms with E-state index in [2.05, 4.69) is 24.3 Å². The van der Waals surface area contributed by atoms with Crippen LogP contribution in [-0.2, 0) is 11.2 Å². The first-order valence-corrected chi connectivity index (χ1v) is 6.76. The molecule has 1 fully saturated rings. The Bertz CT molecular complexity index is 479. The van der Waals surface area contributed by atoms with Crippen LogP contribution in [0.2, 0.25) is 0 Å². The van der Waals surface area contributed by atoms with Gasteiger partial charge in [0, 0.05) is 7.05 Å². The van der Waals surface area contributed by atoms with Crippen molar-refractivity contribution in [1.29, 1.82) is 0 Å². The van der Waals surface area contributed by atoms with Crippen molar-refractivity contribution in [2.75, 3.05) is 7.05 Å². The summed E-state index contributed by atoms with van der Waals surface area (Å²) in [4.78, 5) is 14.2. The Labute approximate surface area is 108 Å². The van der Waals surface area contributed by atoms with E-state index in [0.717, 1.165) is 32.1 Å². The molecule has 0 aromatic heterocycles. The molecule has 1 aromatic carbocycles. The van der Waals surface area contributed by atoms with Gasteiger partial charge in [-0.2, -0.15) is 0 Å². The van der Waals surface area contributed by atoms with Gasteiger partial charge in [0.05, 0.1) is 11.6 Å². The summed E-state index contributed by atoms with van der Waals surface area (Å²) in [5.74, 6) is 0.115. The highest BCUT2D eigenvalue weighted by molar-refractivity contribution is 5.89. The number of likely N-dealkylation sites (N-methyl/N-ethyl adjacent to an activating group) is 1. The molecule has 18 heavy (non-hydrogen) atoms. The van der Waals surface area contributed by atoms with E-state index in [1.807, 2.05) is 11.9 Å². The molecule has 0 aliphatic heterocycles. The molecule has 1 saturated carbocycles. The van der Waals surface area contributed by atoms with Gasteiger partial charge in [-0.15, -0.1) is 0 Å². The summed E-state index contributed by atoms with van der Waals surface area (Å²) in [7, 11) is 1.90. The summed E-state index contributed by atoms with van der Waals surface area (Å²) in [6, 6.07) is 8.68. The van der Waals surface area contributed by atoms with Gasteiger partial charge in [0.25, 0.3) is 0 Å². The lowest BCUT2D eigenvalue weighted by Gasteiger charge is -2.34. The molecule has 1 amide bonds. The summed E-state index contributed by atoms with van der Waals surface area (Å²) >= 11 is 0. The average Bonchev–Trinajstić information content (AvgIpc) is 3.16. The number of hydrogen-bond donors (Lipinski definition) is 1. The van der Waals surface area contributed by atoms with Crippen molar-refractivity contribution in [2.45, 2.75) is 43.7 Å². The zero-order valence-electron chi connectivity index (χ0n) is 10.9. The fourth-order valence-electron chi connectivity index (χ4n) is 2.97. The van der Waals surface area contributed by atoms with Crippen LogP contribution in [0.1, 0.15) is 42.9 Å². The number of amides is 1. The Morgan fingerprint density at radius 1 is 1.39 bits per heavy atom. The van der Waals surface area contributed by atoms with Crippen molar-refractivity contribution in [3.05, 3.63) is 35.4 Å². The van der Waals surface area contributed by atoms with E-state index in [0.29, 0.717) is 0 Å². The molecular formula is C15H20N2O. The van der Waals surface area contributed by atoms with Crippen LogP contribution in [0.5, 0.6) is 0 Å². The molecule has 1 aromatic rings. The molecule has 2 aliphatic rings. The predicted octanol–water partition coefficient (Wildman–Crippen LogP) is 2.01. The van der Waals surface area contributed by atoms with Crippen molar-refractivity contribution >= 4 is 5.91 Å². The first-order valence-electron chi connectivity index (χ1n) is 6.76. The van der Waals surface area contributed by atoms with E-state index >= 15 is 0 Å². The maximum absolute atomic E-state index is 12.3. The van der Waals surface area contributed by atoms with E-state index in [1.54, 1.807) is 0 Å². The van der Waals surface area contributed by atoms with Crippen molar-refractivity contribution in [2.24, 2.45) is 5.73 Å². The first kappa shape index (κ1) is 11.7. The lowest BCUT2D eigenvalue weighted by Crippen LogP contribution is -2.45. The van der Waals surface area contributed by atoms with Crippen LogP contribution in [0.25, 0.3) is 0 Å². The Morgan fingerprint density at radius 2 is 2.11 bits per heavy atom. The van der Waals surface area contributed by atoms with Crippen molar-refractivity contribution in [1.82, 2.24) is 4.90 Å². The number of fused-ring (bicyclic) bond motifs is 1. The molecule has 96 valence electrons. The summed E-state index contributed by atoms with van der Waals surface area (Å²) in [5.41, 5.74) is 8.17. The van der Waals surface area contributed by atoms with Crippen LogP contribution < -0.4 is 5.73 Å². The first-order chi connectivity index (χ1) is 8.62. The third kappa shape index (κ3) is 1.83. The standard InChI is InChI=1S/C15H20N2O/c1-17(14(18)15(16)9-10-15)13-8-4-6-11-5-2-3-7-12(11)13/h2-3,5,7,13H,4,6,8-10,16H2,1H3. The number of nitrogens with two attached hydrogens (primary N) is 1. The Hall–Kier alpha value is -1.35. The van der Waals surface area contributed by atoms with Crippen LogP contribution in [-0.4, -0.2) is 23.4 Å². The number of carbonyl (C=O) groups is 1. The zero-order valence-corrected chi connectivity index (χ0v) is 10.9. The van der Waals surface area contributed by atoms with Gasteiger partial charge < -0.3 is 10.6 Å². The number of benzene rings is 1. The topological polar surface area (TPSA) is 46.3 Å². The van der Waals surface area contributed by atoms with Crippen LogP contribution in [0.4, 0.5) is 0 Å². The maximum atomic E-state index is 12.3. The molecule has 0 radical (unpaired) electrons. The minimum atomic E-state index is -0.554. The highest BCUT2D eigenvalue weighted by Gasteiger charge is 2.48. The third-order valence-corrected chi connectivity index (χ3v) is 4.34. The van der Waals surface area contributed by atoms with Crippen molar-refractivity contribution < 1.29 is 4.79 Å². The second kappa shape index (κ2) is 4.09. The molecule has 1 atom stereocenters. The van der Waals surface area contributed by atoms with E-state index in [1.165, 1.54) is 11.1 Å². The van der Waals surface area contributed by atoms with E-state index in [4.69, 9.17) is 5.73 Å². The third-order valence-electron chi connectivity index (χ3n) is 4.34. The van der Waals surface area contributed by atoms with Gasteiger partial charge in [-0.3, -0.25) is 4.79 Å². The average molecular weight is 244 g/mol. The van der Waals surface area contributed by atoms with Gasteiger partial charge in [0.2, 0.25) is 5.91 Å². The van der Waals surface area contributed by atoms with E-state index in [9.17, 15) is 4.79 Å². The molecule has 0 spiro atoms. The van der Waals surface area contributed by atoms with Gasteiger partial charge in [-0.25, -0.2) is 0 Å². The van der Waals surface area contributed by atoms with Gasteiger partial charge in [-0.05, 0) is 43.2 Å². The summed E-state index contributed by atoms with van der Waals surface area (Å²) in [5, 5.41) is 0. The molecule has 3 nitrogen and oxygen atoms in total. The highest BCUT2D eigenvalue weighted by atomic mass is 16.2. The Kier molecular flexibility index (Phi) is 2.67. The summed E-state index contributed by atoms with van der Waals surface area (Å²) < 4.78 is 0. The maximum Gasteiger partial charge on any atom is 0.242 e. The normalized spacial score (nSPS) is 24.2. The fraction of sp³-hybridized carbons (Fsp3) is 0.533. The Morgan fingerprint density at radius 3 is 2.83 bits per heavy atom. The number of carbonyl (C=O) groups excluding carboxylic acids is 1. The molecule has 3 heteroatoms. The van der Waals surface area contributed by atoms with Crippen LogP contribution >= 0.6 is 0 Å². The molecule has 0 saturated heterocycles. The second-order valence-corrected chi connectivity index (χ2v) is 5.68. The van der Waals surface area contributed by atoms with Crippen molar-refractivity contribution in [3.8, 4) is 0 Å². The molecule has 1 unspecified atom stereocenters. The number of rotatable bonds is 2. The second-order valence-electron chi connectivity index (χ2n) is 5.68. The van der Waals surface area contributed by atoms with E-state index < -0.39 is 5.54 Å². The quantitative estimate of drug-likeness (QED) is 0.865. The molecule has 2 aliphatic carbocycles. The molecule has 0 bridgehead atoms. The van der Waals surface area contributed by atoms with Crippen LogP contribution in [0.3, 0.4) is 0 Å². The largest absolute Gasteiger partial charge is 0.337 e. The number of aryl methyl sites for hydroxylation is 1. The molecule has 0 heterocycles. The summed E-state index contributed by atoms with van der Waals surface area (Å²) in [6.45, 7) is 0. The number of hydrogen-bond acceptors (Lipinski definition) is 2. The highest BCUT2D eigenvalue weighted by Crippen LogP contribution is 2.39. The predicted molar refractivity (Wildman–Crippen MR) is 71.0 cm³/mol. The van der Waals surface area contributed by atoms with Gasteiger partial charge in [-0.1, -0.05) is 24.3 Å². The van der Waals surface area contributed by atoms with Gasteiger partial charge >= 0.3 is 0 Å². The van der Waals surface area contributed by atoms with Crippen LogP contribution in [0.15, 0.2) is 24.3 Å². The van der Waals surface area contributed by atoms with Crippen LogP contribution in [0, 0.1) is 0 Å². The molecule has 2 N–H and O–H groups in total. The Balaban J connectivity index is 1.87. The molecular weight excluding hydrogens is 224 g/mol. The monoisotopic (exact) mass is 244 g/mol. The van der Waals surface area contributed by atoms with E-state index in [-0.39, 0.29) is 11.9 Å². The number of nitrogens with zero attached hydrogens (tertiary/aromatic N) is 1. The lowest BCUT2D eigenvalue weighted by molar-refractivity contribution is -0.134. The SMILES string of the molecule is CN(C(=O)C1(N)CC1)C1CCCc2ccccc21. The fourth-order valence-corrected chi connectivity index (χ4v) is 2.97. The minimum Gasteiger partial charge on any atom is -0.337 e. The van der Waals surface area contributed by atoms with Crippen molar-refractivity contribution in [3.63, 3.8) is 0 Å². The van der Waals surface area contributed by atoms with Gasteiger partial charge in [0.1, 0.15) is 0 Å². The smallest absolute Gasteiger partial charge is 0.242 e. The molecule has 3 rings (SSSR count). The lowest BCUT2D eigenvalue weighted by atomic mass is 9.86.